The van der Waals surface area contributed by atoms with Gasteiger partial charge in [0.25, 0.3) is 0 Å². The fourth-order valence-corrected chi connectivity index (χ4v) is 7.83. The number of anilines is 1. The van der Waals surface area contributed by atoms with Gasteiger partial charge in [0.15, 0.2) is 0 Å². The molecule has 41 heavy (non-hydrogen) atoms. The van der Waals surface area contributed by atoms with E-state index >= 15 is 0 Å². The number of rotatable bonds is 8. The van der Waals surface area contributed by atoms with Crippen molar-refractivity contribution in [2.75, 3.05) is 44.2 Å². The fraction of sp³-hybridized carbons (Fsp3) is 0.618. The summed E-state index contributed by atoms with van der Waals surface area (Å²) >= 11 is 3.64. The number of piperidine rings is 1. The molecule has 1 aromatic heterocycles. The molecule has 0 spiro atoms. The molecule has 3 fully saturated rings. The minimum Gasteiger partial charge on any atom is -0.490 e. The molecule has 3 aromatic rings. The van der Waals surface area contributed by atoms with Crippen molar-refractivity contribution in [1.82, 2.24) is 20.0 Å². The number of aromatic nitrogens is 2. The van der Waals surface area contributed by atoms with Crippen molar-refractivity contribution in [3.63, 3.8) is 0 Å². The first-order valence-corrected chi connectivity index (χ1v) is 16.8. The van der Waals surface area contributed by atoms with E-state index in [0.717, 1.165) is 55.4 Å². The van der Waals surface area contributed by atoms with Gasteiger partial charge in [-0.2, -0.15) is 5.10 Å². The van der Waals surface area contributed by atoms with E-state index in [1.165, 1.54) is 79.2 Å². The smallest absolute Gasteiger partial charge is 0.123 e. The maximum Gasteiger partial charge on any atom is 0.123 e. The minimum atomic E-state index is 0.365. The van der Waals surface area contributed by atoms with Crippen molar-refractivity contribution in [3.8, 4) is 5.75 Å². The van der Waals surface area contributed by atoms with E-state index in [0.29, 0.717) is 18.1 Å². The van der Waals surface area contributed by atoms with E-state index in [4.69, 9.17) is 9.84 Å². The van der Waals surface area contributed by atoms with Gasteiger partial charge in [-0.25, -0.2) is 0 Å². The molecular formula is C34H48BrN5O. The number of piperazine rings is 1. The van der Waals surface area contributed by atoms with E-state index in [1.54, 1.807) is 0 Å². The molecule has 1 aliphatic carbocycles. The number of benzene rings is 2. The Hall–Kier alpha value is -2.09. The molecule has 6 nitrogen and oxygen atoms in total. The molecule has 2 aliphatic heterocycles. The predicted molar refractivity (Wildman–Crippen MR) is 173 cm³/mol. The van der Waals surface area contributed by atoms with Crippen molar-refractivity contribution in [2.24, 2.45) is 13.0 Å². The van der Waals surface area contributed by atoms with Gasteiger partial charge in [0.2, 0.25) is 0 Å². The highest BCUT2D eigenvalue weighted by molar-refractivity contribution is 9.10. The van der Waals surface area contributed by atoms with Gasteiger partial charge in [0.05, 0.1) is 23.0 Å². The van der Waals surface area contributed by atoms with Gasteiger partial charge in [-0.3, -0.25) is 9.58 Å². The summed E-state index contributed by atoms with van der Waals surface area (Å²) in [5.41, 5.74) is 5.16. The van der Waals surface area contributed by atoms with Crippen LogP contribution in [-0.4, -0.2) is 66.1 Å². The van der Waals surface area contributed by atoms with E-state index in [2.05, 4.69) is 93.0 Å². The zero-order valence-electron chi connectivity index (χ0n) is 25.2. The maximum atomic E-state index is 6.40. The summed E-state index contributed by atoms with van der Waals surface area (Å²) in [6, 6.07) is 13.8. The van der Waals surface area contributed by atoms with Crippen LogP contribution in [0.1, 0.15) is 75.5 Å². The van der Waals surface area contributed by atoms with Crippen LogP contribution in [0.5, 0.6) is 5.75 Å². The standard InChI is InChI=1S/C34H48BrN5O/c1-24(12-13-26-14-16-28(17-15-26)41-32-11-5-9-30(35)25(32)2)39-19-21-40(22-20-39)31-10-4-8-29-33(37-38(3)34(29)31)27-7-6-18-36-23-27/h4-5,8-11,24,26-28,36H,6-7,12-23H2,1-3H3/t24-,26?,27?,28?/m1/s1. The number of fused-ring (bicyclic) bond motifs is 1. The summed E-state index contributed by atoms with van der Waals surface area (Å²) in [6.45, 7) is 11.2. The predicted octanol–water partition coefficient (Wildman–Crippen LogP) is 7.04. The SMILES string of the molecule is Cc1c(Br)cccc1OC1CCC(CC[C@@H](C)N2CCN(c3cccc4c(C5CCCNC5)nn(C)c34)CC2)CC1. The lowest BCUT2D eigenvalue weighted by Gasteiger charge is -2.40. The lowest BCUT2D eigenvalue weighted by Crippen LogP contribution is -2.49. The first kappa shape index (κ1) is 29.0. The first-order valence-electron chi connectivity index (χ1n) is 16.0. The largest absolute Gasteiger partial charge is 0.490 e. The van der Waals surface area contributed by atoms with Crippen molar-refractivity contribution < 1.29 is 4.74 Å². The van der Waals surface area contributed by atoms with Gasteiger partial charge in [-0.15, -0.1) is 0 Å². The molecule has 1 N–H and O–H groups in total. The highest BCUT2D eigenvalue weighted by Gasteiger charge is 2.28. The van der Waals surface area contributed by atoms with Crippen molar-refractivity contribution in [1.29, 1.82) is 0 Å². The Labute approximate surface area is 254 Å². The molecule has 0 radical (unpaired) electrons. The second-order valence-corrected chi connectivity index (χ2v) is 13.7. The minimum absolute atomic E-state index is 0.365. The average molecular weight is 623 g/mol. The normalized spacial score (nSPS) is 25.0. The number of halogens is 1. The van der Waals surface area contributed by atoms with Crippen LogP contribution in [0, 0.1) is 12.8 Å². The summed E-state index contributed by atoms with van der Waals surface area (Å²) in [7, 11) is 2.13. The fourth-order valence-electron chi connectivity index (χ4n) is 7.48. The van der Waals surface area contributed by atoms with Crippen LogP contribution in [0.25, 0.3) is 10.9 Å². The van der Waals surface area contributed by atoms with Crippen LogP contribution in [0.3, 0.4) is 0 Å². The Kier molecular flexibility index (Phi) is 9.23. The number of nitrogens with one attached hydrogen (secondary N) is 1. The Morgan fingerprint density at radius 2 is 1.80 bits per heavy atom. The Balaban J connectivity index is 0.982. The van der Waals surface area contributed by atoms with Crippen LogP contribution in [-0.2, 0) is 7.05 Å². The van der Waals surface area contributed by atoms with Gasteiger partial charge < -0.3 is 15.0 Å². The topological polar surface area (TPSA) is 45.6 Å². The van der Waals surface area contributed by atoms with Crippen LogP contribution in [0.15, 0.2) is 40.9 Å². The number of aryl methyl sites for hydroxylation is 1. The summed E-state index contributed by atoms with van der Waals surface area (Å²) < 4.78 is 9.67. The third kappa shape index (κ3) is 6.47. The van der Waals surface area contributed by atoms with Gasteiger partial charge in [0.1, 0.15) is 5.75 Å². The number of ether oxygens (including phenoxy) is 1. The lowest BCUT2D eigenvalue weighted by atomic mass is 9.83. The zero-order chi connectivity index (χ0) is 28.3. The third-order valence-corrected chi connectivity index (χ3v) is 11.0. The molecule has 2 aromatic carbocycles. The van der Waals surface area contributed by atoms with Gasteiger partial charge in [-0.1, -0.05) is 34.1 Å². The Bertz CT molecular complexity index is 1300. The number of para-hydroxylation sites is 1. The summed E-state index contributed by atoms with van der Waals surface area (Å²) in [5, 5.41) is 9.97. The second-order valence-electron chi connectivity index (χ2n) is 12.8. The Morgan fingerprint density at radius 3 is 2.56 bits per heavy atom. The van der Waals surface area contributed by atoms with Gasteiger partial charge in [-0.05, 0) is 95.9 Å². The maximum absolute atomic E-state index is 6.40. The van der Waals surface area contributed by atoms with Crippen molar-refractivity contribution in [2.45, 2.75) is 83.3 Å². The molecule has 2 atom stereocenters. The highest BCUT2D eigenvalue weighted by Crippen LogP contribution is 2.36. The average Bonchev–Trinajstić information content (AvgIpc) is 3.36. The summed E-state index contributed by atoms with van der Waals surface area (Å²) in [5.74, 6) is 2.41. The van der Waals surface area contributed by atoms with Crippen molar-refractivity contribution in [3.05, 3.63) is 52.1 Å². The molecule has 1 saturated carbocycles. The van der Waals surface area contributed by atoms with E-state index < -0.39 is 0 Å². The van der Waals surface area contributed by atoms with E-state index in [-0.39, 0.29) is 0 Å². The van der Waals surface area contributed by atoms with Crippen LogP contribution >= 0.6 is 15.9 Å². The number of hydrogen-bond donors (Lipinski definition) is 1. The number of hydrogen-bond acceptors (Lipinski definition) is 5. The second kappa shape index (κ2) is 13.0. The zero-order valence-corrected chi connectivity index (χ0v) is 26.8. The molecule has 7 heteroatoms. The van der Waals surface area contributed by atoms with Crippen LogP contribution in [0.4, 0.5) is 5.69 Å². The van der Waals surface area contributed by atoms with Gasteiger partial charge >= 0.3 is 0 Å². The highest BCUT2D eigenvalue weighted by atomic mass is 79.9. The summed E-state index contributed by atoms with van der Waals surface area (Å²) in [4.78, 5) is 5.33. The molecular weight excluding hydrogens is 574 g/mol. The van der Waals surface area contributed by atoms with Crippen LogP contribution in [0.2, 0.25) is 0 Å². The van der Waals surface area contributed by atoms with E-state index in [9.17, 15) is 0 Å². The molecule has 0 bridgehead atoms. The first-order chi connectivity index (χ1) is 20.0. The van der Waals surface area contributed by atoms with Crippen molar-refractivity contribution >= 4 is 32.5 Å². The van der Waals surface area contributed by atoms with E-state index in [1.807, 2.05) is 0 Å². The van der Waals surface area contributed by atoms with Gasteiger partial charge in [0, 0.05) is 67.2 Å². The molecule has 0 amide bonds. The molecule has 2 saturated heterocycles. The molecule has 6 rings (SSSR count). The molecule has 222 valence electrons. The molecule has 3 heterocycles. The monoisotopic (exact) mass is 621 g/mol. The number of nitrogens with zero attached hydrogens (tertiary/aromatic N) is 4. The molecule has 1 unspecified atom stereocenters. The lowest BCUT2D eigenvalue weighted by molar-refractivity contribution is 0.120. The quantitative estimate of drug-likeness (QED) is 0.292. The molecule has 3 aliphatic rings. The Morgan fingerprint density at radius 1 is 1.02 bits per heavy atom. The summed E-state index contributed by atoms with van der Waals surface area (Å²) in [6.07, 6.45) is 10.4. The third-order valence-electron chi connectivity index (χ3n) is 10.1. The van der Waals surface area contributed by atoms with Crippen LogP contribution < -0.4 is 15.0 Å².